The smallest absolute Gasteiger partial charge is 0.126 e. The fourth-order valence-electron chi connectivity index (χ4n) is 1.86. The van der Waals surface area contributed by atoms with Gasteiger partial charge in [-0.15, -0.1) is 0 Å². The van der Waals surface area contributed by atoms with E-state index < -0.39 is 12.2 Å². The summed E-state index contributed by atoms with van der Waals surface area (Å²) in [6.07, 6.45) is -0.150. The first-order chi connectivity index (χ1) is 7.94. The number of halogens is 1. The van der Waals surface area contributed by atoms with Crippen LogP contribution in [0.15, 0.2) is 12.1 Å². The average molecular weight is 210 g/mol. The number of hydrogen-bond donors (Lipinski definition) is 0. The predicted octanol–water partition coefficient (Wildman–Crippen LogP) is 3.35. The maximum absolute atomic E-state index is 13.9. The van der Waals surface area contributed by atoms with Crippen LogP contribution in [-0.4, -0.2) is 6.61 Å². The Hall–Kier alpha value is -1.05. The first-order valence-corrected chi connectivity index (χ1v) is 5.39. The van der Waals surface area contributed by atoms with Gasteiger partial charge < -0.3 is 4.74 Å². The number of rotatable bonds is 2. The van der Waals surface area contributed by atoms with Gasteiger partial charge in [-0.25, -0.2) is 4.39 Å². The molecule has 1 heterocycles. The summed E-state index contributed by atoms with van der Waals surface area (Å²) in [6, 6.07) is 2.91. The lowest BCUT2D eigenvalue weighted by atomic mass is 9.93. The predicted molar refractivity (Wildman–Crippen MR) is 58.8 cm³/mol. The number of ether oxygens (including phenoxy) is 1. The molecular formula is C13H17FO. The summed E-state index contributed by atoms with van der Waals surface area (Å²) in [7, 11) is 0. The molecule has 0 radical (unpaired) electrons. The van der Waals surface area contributed by atoms with Crippen molar-refractivity contribution in [2.24, 2.45) is 5.92 Å². The van der Waals surface area contributed by atoms with Crippen molar-refractivity contribution in [2.75, 3.05) is 6.61 Å². The van der Waals surface area contributed by atoms with Gasteiger partial charge >= 0.3 is 0 Å². The summed E-state index contributed by atoms with van der Waals surface area (Å²) in [5, 5.41) is 0. The highest BCUT2D eigenvalue weighted by Crippen LogP contribution is 2.31. The van der Waals surface area contributed by atoms with Crippen molar-refractivity contribution in [3.05, 3.63) is 29.1 Å². The van der Waals surface area contributed by atoms with E-state index in [4.69, 9.17) is 7.48 Å². The third-order valence-corrected chi connectivity index (χ3v) is 2.48. The first kappa shape index (κ1) is 8.14. The van der Waals surface area contributed by atoms with E-state index in [1.165, 1.54) is 6.07 Å². The highest BCUT2D eigenvalue weighted by atomic mass is 19.1. The van der Waals surface area contributed by atoms with Crippen molar-refractivity contribution in [1.29, 1.82) is 0 Å². The second kappa shape index (κ2) is 4.21. The highest BCUT2D eigenvalue weighted by molar-refractivity contribution is 5.42. The van der Waals surface area contributed by atoms with Crippen molar-refractivity contribution in [3.8, 4) is 5.75 Å². The SMILES string of the molecule is [2H]C([2H])(c1c(F)ccc2c1CCCO2)C(C)C. The molecule has 0 fully saturated rings. The Bertz CT molecular complexity index is 430. The Kier molecular flexibility index (Phi) is 2.29. The minimum atomic E-state index is -1.66. The van der Waals surface area contributed by atoms with Crippen LogP contribution in [0.2, 0.25) is 0 Å². The number of fused-ring (bicyclic) bond motifs is 1. The molecule has 0 spiro atoms. The van der Waals surface area contributed by atoms with E-state index in [0.29, 0.717) is 24.3 Å². The molecule has 82 valence electrons. The average Bonchev–Trinajstić information content (AvgIpc) is 2.28. The van der Waals surface area contributed by atoms with Crippen LogP contribution in [0.5, 0.6) is 5.75 Å². The molecule has 0 aliphatic carbocycles. The van der Waals surface area contributed by atoms with Crippen LogP contribution < -0.4 is 4.74 Å². The highest BCUT2D eigenvalue weighted by Gasteiger charge is 2.18. The maximum atomic E-state index is 13.9. The molecule has 0 unspecified atom stereocenters. The van der Waals surface area contributed by atoms with Gasteiger partial charge in [0, 0.05) is 8.30 Å². The molecule has 0 saturated heterocycles. The lowest BCUT2D eigenvalue weighted by Crippen LogP contribution is -2.13. The summed E-state index contributed by atoms with van der Waals surface area (Å²) in [5.74, 6) is -0.101. The zero-order chi connectivity index (χ0) is 12.6. The Morgan fingerprint density at radius 1 is 1.53 bits per heavy atom. The lowest BCUT2D eigenvalue weighted by Gasteiger charge is -2.21. The van der Waals surface area contributed by atoms with Crippen LogP contribution in [0.1, 0.15) is 34.1 Å². The number of hydrogen-bond acceptors (Lipinski definition) is 1. The largest absolute Gasteiger partial charge is 0.493 e. The molecule has 2 heteroatoms. The van der Waals surface area contributed by atoms with Gasteiger partial charge in [-0.1, -0.05) is 13.8 Å². The van der Waals surface area contributed by atoms with Gasteiger partial charge in [-0.05, 0) is 42.8 Å². The summed E-state index contributed by atoms with van der Waals surface area (Å²) in [5.41, 5.74) is 0.889. The molecule has 1 nitrogen and oxygen atoms in total. The van der Waals surface area contributed by atoms with E-state index >= 15 is 0 Å². The summed E-state index contributed by atoms with van der Waals surface area (Å²) in [4.78, 5) is 0. The first-order valence-electron chi connectivity index (χ1n) is 6.39. The standard InChI is InChI=1S/C13H17FO/c1-9(2)8-11-10-4-3-7-15-13(10)6-5-12(11)14/h5-6,9H,3-4,7-8H2,1-2H3/i8D2. The molecule has 1 aliphatic heterocycles. The molecule has 0 N–H and O–H groups in total. The van der Waals surface area contributed by atoms with E-state index in [-0.39, 0.29) is 11.5 Å². The van der Waals surface area contributed by atoms with Crippen LogP contribution in [0, 0.1) is 11.7 Å². The van der Waals surface area contributed by atoms with Gasteiger partial charge in [0.25, 0.3) is 0 Å². The van der Waals surface area contributed by atoms with E-state index in [2.05, 4.69) is 0 Å². The fraction of sp³-hybridized carbons (Fsp3) is 0.538. The quantitative estimate of drug-likeness (QED) is 0.727. The van der Waals surface area contributed by atoms with Crippen molar-refractivity contribution in [3.63, 3.8) is 0 Å². The maximum Gasteiger partial charge on any atom is 0.126 e. The van der Waals surface area contributed by atoms with Gasteiger partial charge in [0.2, 0.25) is 0 Å². The van der Waals surface area contributed by atoms with Crippen LogP contribution >= 0.6 is 0 Å². The fourth-order valence-corrected chi connectivity index (χ4v) is 1.86. The van der Waals surface area contributed by atoms with E-state index in [1.54, 1.807) is 19.9 Å². The molecule has 15 heavy (non-hydrogen) atoms. The van der Waals surface area contributed by atoms with Crippen molar-refractivity contribution in [2.45, 2.75) is 33.1 Å². The summed E-state index contributed by atoms with van der Waals surface area (Å²) >= 11 is 0. The van der Waals surface area contributed by atoms with E-state index in [1.807, 2.05) is 0 Å². The lowest BCUT2D eigenvalue weighted by molar-refractivity contribution is 0.286. The van der Waals surface area contributed by atoms with Crippen LogP contribution in [0.25, 0.3) is 0 Å². The Morgan fingerprint density at radius 2 is 2.33 bits per heavy atom. The van der Waals surface area contributed by atoms with Gasteiger partial charge in [0.15, 0.2) is 0 Å². The monoisotopic (exact) mass is 210 g/mol. The Balaban J connectivity index is 2.59. The zero-order valence-corrected chi connectivity index (χ0v) is 9.14. The molecule has 0 bridgehead atoms. The summed E-state index contributed by atoms with van der Waals surface area (Å²) in [6.45, 7) is 4.16. The van der Waals surface area contributed by atoms with Crippen LogP contribution in [0.3, 0.4) is 0 Å². The van der Waals surface area contributed by atoms with Gasteiger partial charge in [-0.2, -0.15) is 0 Å². The third-order valence-electron chi connectivity index (χ3n) is 2.48. The van der Waals surface area contributed by atoms with Crippen LogP contribution in [0.4, 0.5) is 4.39 Å². The molecule has 0 aromatic heterocycles. The van der Waals surface area contributed by atoms with Crippen molar-refractivity contribution < 1.29 is 11.9 Å². The molecule has 1 aliphatic rings. The molecular weight excluding hydrogens is 191 g/mol. The molecule has 2 rings (SSSR count). The van der Waals surface area contributed by atoms with E-state index in [9.17, 15) is 4.39 Å². The molecule has 0 atom stereocenters. The summed E-state index contributed by atoms with van der Waals surface area (Å²) < 4.78 is 35.5. The molecule has 1 aromatic rings. The van der Waals surface area contributed by atoms with Crippen LogP contribution in [-0.2, 0) is 12.8 Å². The zero-order valence-electron chi connectivity index (χ0n) is 11.1. The molecule has 0 amide bonds. The van der Waals surface area contributed by atoms with Gasteiger partial charge in [0.1, 0.15) is 11.6 Å². The van der Waals surface area contributed by atoms with Crippen molar-refractivity contribution >= 4 is 0 Å². The third kappa shape index (κ3) is 2.14. The van der Waals surface area contributed by atoms with Gasteiger partial charge in [-0.3, -0.25) is 0 Å². The Labute approximate surface area is 93.1 Å². The minimum absolute atomic E-state index is 0.185. The van der Waals surface area contributed by atoms with E-state index in [0.717, 1.165) is 6.42 Å². The number of benzene rings is 1. The minimum Gasteiger partial charge on any atom is -0.493 e. The second-order valence-electron chi connectivity index (χ2n) is 4.15. The van der Waals surface area contributed by atoms with Gasteiger partial charge in [0.05, 0.1) is 6.61 Å². The van der Waals surface area contributed by atoms with Crippen molar-refractivity contribution in [1.82, 2.24) is 0 Å². The molecule has 1 aromatic carbocycles. The topological polar surface area (TPSA) is 9.23 Å². The molecule has 0 saturated carbocycles. The normalized spacial score (nSPS) is 17.9. The Morgan fingerprint density at radius 3 is 3.07 bits per heavy atom. The second-order valence-corrected chi connectivity index (χ2v) is 4.15.